The normalized spacial score (nSPS) is 12.8. The first kappa shape index (κ1) is 13.0. The summed E-state index contributed by atoms with van der Waals surface area (Å²) in [4.78, 5) is 0. The lowest BCUT2D eigenvalue weighted by Gasteiger charge is -2.14. The third-order valence-electron chi connectivity index (χ3n) is 2.76. The van der Waals surface area contributed by atoms with Gasteiger partial charge in [-0.1, -0.05) is 6.92 Å². The first-order chi connectivity index (χ1) is 7.63. The molecule has 16 heavy (non-hydrogen) atoms. The van der Waals surface area contributed by atoms with Gasteiger partial charge in [-0.25, -0.2) is 4.68 Å². The van der Waals surface area contributed by atoms with Gasteiger partial charge < -0.3 is 15.2 Å². The zero-order valence-electron chi connectivity index (χ0n) is 10.4. The molecule has 1 aromatic rings. The highest BCUT2D eigenvalue weighted by molar-refractivity contribution is 5.30. The molecule has 1 aromatic heterocycles. The molecule has 0 aliphatic heterocycles. The number of aryl methyl sites for hydroxylation is 2. The van der Waals surface area contributed by atoms with E-state index in [1.165, 1.54) is 0 Å². The van der Waals surface area contributed by atoms with Crippen LogP contribution in [-0.2, 0) is 13.6 Å². The number of hydrogen-bond acceptors (Lipinski definition) is 4. The van der Waals surface area contributed by atoms with Crippen molar-refractivity contribution < 1.29 is 9.84 Å². The van der Waals surface area contributed by atoms with Crippen LogP contribution in [0.15, 0.2) is 0 Å². The molecule has 0 aliphatic carbocycles. The number of nitrogens with one attached hydrogen (secondary N) is 1. The van der Waals surface area contributed by atoms with Crippen molar-refractivity contribution in [2.45, 2.75) is 32.9 Å². The Kier molecular flexibility index (Phi) is 4.76. The maximum atomic E-state index is 9.09. The van der Waals surface area contributed by atoms with E-state index >= 15 is 0 Å². The summed E-state index contributed by atoms with van der Waals surface area (Å²) in [7, 11) is 3.50. The summed E-state index contributed by atoms with van der Waals surface area (Å²) in [6.07, 6.45) is 0.901. The van der Waals surface area contributed by atoms with Gasteiger partial charge in [0.25, 0.3) is 0 Å². The molecule has 0 amide bonds. The van der Waals surface area contributed by atoms with E-state index in [1.54, 1.807) is 11.8 Å². The number of aliphatic hydroxyl groups is 1. The van der Waals surface area contributed by atoms with Gasteiger partial charge in [0.05, 0.1) is 25.0 Å². The molecule has 0 spiro atoms. The Balaban J connectivity index is 2.72. The fourth-order valence-electron chi connectivity index (χ4n) is 1.72. The lowest BCUT2D eigenvalue weighted by atomic mass is 10.2. The molecule has 1 rings (SSSR count). The second-order valence-electron chi connectivity index (χ2n) is 3.87. The van der Waals surface area contributed by atoms with Crippen molar-refractivity contribution in [3.63, 3.8) is 0 Å². The molecule has 0 bridgehead atoms. The van der Waals surface area contributed by atoms with Gasteiger partial charge in [0.2, 0.25) is 5.88 Å². The van der Waals surface area contributed by atoms with Crippen molar-refractivity contribution in [2.75, 3.05) is 13.7 Å². The van der Waals surface area contributed by atoms with Crippen LogP contribution in [0.2, 0.25) is 0 Å². The third kappa shape index (κ3) is 2.74. The van der Waals surface area contributed by atoms with Gasteiger partial charge in [-0.3, -0.25) is 0 Å². The smallest absolute Gasteiger partial charge is 0.216 e. The van der Waals surface area contributed by atoms with Crippen molar-refractivity contribution >= 4 is 0 Å². The molecule has 0 fully saturated rings. The molecule has 5 nitrogen and oxygen atoms in total. The minimum Gasteiger partial charge on any atom is -0.481 e. The van der Waals surface area contributed by atoms with Crippen LogP contribution in [0.1, 0.15) is 24.6 Å². The third-order valence-corrected chi connectivity index (χ3v) is 2.76. The Morgan fingerprint density at radius 3 is 2.75 bits per heavy atom. The molecular formula is C11H21N3O2. The number of hydrogen-bond donors (Lipinski definition) is 2. The molecule has 0 unspecified atom stereocenters. The summed E-state index contributed by atoms with van der Waals surface area (Å²) in [6.45, 7) is 4.82. The average Bonchev–Trinajstić information content (AvgIpc) is 2.54. The van der Waals surface area contributed by atoms with Crippen molar-refractivity contribution in [2.24, 2.45) is 7.05 Å². The number of aromatic nitrogens is 2. The van der Waals surface area contributed by atoms with Gasteiger partial charge >= 0.3 is 0 Å². The van der Waals surface area contributed by atoms with E-state index in [2.05, 4.69) is 10.4 Å². The van der Waals surface area contributed by atoms with E-state index in [9.17, 15) is 0 Å². The van der Waals surface area contributed by atoms with Gasteiger partial charge in [-0.15, -0.1) is 0 Å². The van der Waals surface area contributed by atoms with Crippen LogP contribution in [0.5, 0.6) is 5.88 Å². The van der Waals surface area contributed by atoms with E-state index in [-0.39, 0.29) is 12.6 Å². The summed E-state index contributed by atoms with van der Waals surface area (Å²) in [5.74, 6) is 0.776. The van der Waals surface area contributed by atoms with Crippen LogP contribution in [-0.4, -0.2) is 34.6 Å². The summed E-state index contributed by atoms with van der Waals surface area (Å²) >= 11 is 0. The Morgan fingerprint density at radius 1 is 1.56 bits per heavy atom. The second-order valence-corrected chi connectivity index (χ2v) is 3.87. The number of aliphatic hydroxyl groups excluding tert-OH is 1. The Labute approximate surface area is 96.4 Å². The molecule has 0 saturated heterocycles. The maximum absolute atomic E-state index is 9.09. The fourth-order valence-corrected chi connectivity index (χ4v) is 1.72. The van der Waals surface area contributed by atoms with Crippen LogP contribution in [0.3, 0.4) is 0 Å². The molecule has 0 saturated carbocycles. The highest BCUT2D eigenvalue weighted by Gasteiger charge is 2.14. The van der Waals surface area contributed by atoms with E-state index in [1.807, 2.05) is 20.9 Å². The van der Waals surface area contributed by atoms with Crippen LogP contribution in [0.4, 0.5) is 0 Å². The monoisotopic (exact) mass is 227 g/mol. The van der Waals surface area contributed by atoms with Gasteiger partial charge in [0.15, 0.2) is 0 Å². The van der Waals surface area contributed by atoms with Gasteiger partial charge in [0, 0.05) is 19.6 Å². The summed E-state index contributed by atoms with van der Waals surface area (Å²) in [5, 5.41) is 16.7. The van der Waals surface area contributed by atoms with Crippen LogP contribution < -0.4 is 10.1 Å². The Hall–Kier alpha value is -1.07. The van der Waals surface area contributed by atoms with E-state index in [4.69, 9.17) is 9.84 Å². The summed E-state index contributed by atoms with van der Waals surface area (Å²) in [6, 6.07) is 0.129. The quantitative estimate of drug-likeness (QED) is 0.747. The topological polar surface area (TPSA) is 59.3 Å². The lowest BCUT2D eigenvalue weighted by molar-refractivity contribution is 0.237. The number of rotatable bonds is 6. The van der Waals surface area contributed by atoms with Crippen LogP contribution >= 0.6 is 0 Å². The maximum Gasteiger partial charge on any atom is 0.216 e. The Morgan fingerprint density at radius 2 is 2.25 bits per heavy atom. The summed E-state index contributed by atoms with van der Waals surface area (Å²) in [5.41, 5.74) is 2.01. The zero-order chi connectivity index (χ0) is 12.1. The number of ether oxygens (including phenoxy) is 1. The van der Waals surface area contributed by atoms with Crippen molar-refractivity contribution in [1.82, 2.24) is 15.1 Å². The van der Waals surface area contributed by atoms with E-state index in [0.717, 1.165) is 23.6 Å². The molecule has 92 valence electrons. The highest BCUT2D eigenvalue weighted by Crippen LogP contribution is 2.20. The Bertz CT molecular complexity index is 332. The largest absolute Gasteiger partial charge is 0.481 e. The average molecular weight is 227 g/mol. The fraction of sp³-hybridized carbons (Fsp3) is 0.727. The standard InChI is InChI=1S/C11H21N3O2/c1-5-9(7-15)12-6-10-8(2)13-14(3)11(10)16-4/h9,12,15H,5-7H2,1-4H3/t9-/m0/s1. The highest BCUT2D eigenvalue weighted by atomic mass is 16.5. The van der Waals surface area contributed by atoms with Gasteiger partial charge in [-0.05, 0) is 13.3 Å². The minimum atomic E-state index is 0.129. The first-order valence-corrected chi connectivity index (χ1v) is 5.54. The van der Waals surface area contributed by atoms with Crippen LogP contribution in [0, 0.1) is 6.92 Å². The van der Waals surface area contributed by atoms with Crippen molar-refractivity contribution in [1.29, 1.82) is 0 Å². The number of methoxy groups -OCH3 is 1. The van der Waals surface area contributed by atoms with Crippen molar-refractivity contribution in [3.05, 3.63) is 11.3 Å². The van der Waals surface area contributed by atoms with Crippen LogP contribution in [0.25, 0.3) is 0 Å². The van der Waals surface area contributed by atoms with Gasteiger partial charge in [0.1, 0.15) is 0 Å². The zero-order valence-corrected chi connectivity index (χ0v) is 10.4. The van der Waals surface area contributed by atoms with Gasteiger partial charge in [-0.2, -0.15) is 5.10 Å². The molecule has 0 radical (unpaired) electrons. The molecule has 0 aliphatic rings. The summed E-state index contributed by atoms with van der Waals surface area (Å²) < 4.78 is 7.02. The SMILES string of the molecule is CC[C@@H](CO)NCc1c(C)nn(C)c1OC. The lowest BCUT2D eigenvalue weighted by Crippen LogP contribution is -2.31. The van der Waals surface area contributed by atoms with E-state index in [0.29, 0.717) is 6.54 Å². The minimum absolute atomic E-state index is 0.129. The van der Waals surface area contributed by atoms with Crippen molar-refractivity contribution in [3.8, 4) is 5.88 Å². The molecule has 5 heteroatoms. The molecule has 2 N–H and O–H groups in total. The first-order valence-electron chi connectivity index (χ1n) is 5.54. The molecule has 1 atom stereocenters. The molecule has 1 heterocycles. The van der Waals surface area contributed by atoms with E-state index < -0.39 is 0 Å². The molecular weight excluding hydrogens is 206 g/mol. The second kappa shape index (κ2) is 5.86. The molecule has 0 aromatic carbocycles. The predicted molar refractivity (Wildman–Crippen MR) is 62.5 cm³/mol. The number of nitrogens with zero attached hydrogens (tertiary/aromatic N) is 2. The predicted octanol–water partition coefficient (Wildman–Crippen LogP) is 0.598.